The van der Waals surface area contributed by atoms with Crippen LogP contribution in [0.15, 0.2) is 0 Å². The van der Waals surface area contributed by atoms with E-state index < -0.39 is 0 Å². The SMILES string of the molecule is CC1CC(O)C[C@H](C)O1. The molecule has 0 saturated carbocycles. The summed E-state index contributed by atoms with van der Waals surface area (Å²) < 4.78 is 5.40. The first kappa shape index (κ1) is 7.03. The minimum atomic E-state index is -0.135. The van der Waals surface area contributed by atoms with E-state index in [0.29, 0.717) is 0 Å². The molecule has 1 N–H and O–H groups in total. The molecule has 1 aliphatic rings. The fourth-order valence-electron chi connectivity index (χ4n) is 1.37. The number of rotatable bonds is 0. The Kier molecular flexibility index (Phi) is 2.09. The molecule has 1 fully saturated rings. The van der Waals surface area contributed by atoms with Crippen molar-refractivity contribution in [3.8, 4) is 0 Å². The third kappa shape index (κ3) is 1.95. The van der Waals surface area contributed by atoms with Gasteiger partial charge in [0.15, 0.2) is 0 Å². The molecule has 0 aromatic rings. The molecular weight excluding hydrogens is 116 g/mol. The third-order valence-electron chi connectivity index (χ3n) is 1.67. The Labute approximate surface area is 55.8 Å². The summed E-state index contributed by atoms with van der Waals surface area (Å²) in [6.45, 7) is 4.00. The van der Waals surface area contributed by atoms with Gasteiger partial charge in [0.2, 0.25) is 0 Å². The van der Waals surface area contributed by atoms with Crippen LogP contribution in [0.5, 0.6) is 0 Å². The molecule has 2 heteroatoms. The van der Waals surface area contributed by atoms with Gasteiger partial charge in [-0.1, -0.05) is 0 Å². The van der Waals surface area contributed by atoms with E-state index in [9.17, 15) is 5.11 Å². The van der Waals surface area contributed by atoms with E-state index in [4.69, 9.17) is 4.74 Å². The molecule has 0 amide bonds. The Morgan fingerprint density at radius 3 is 2.00 bits per heavy atom. The smallest absolute Gasteiger partial charge is 0.0589 e. The van der Waals surface area contributed by atoms with Gasteiger partial charge in [0.05, 0.1) is 18.3 Å². The second-order valence-electron chi connectivity index (χ2n) is 2.88. The van der Waals surface area contributed by atoms with Gasteiger partial charge in [-0.3, -0.25) is 0 Å². The second kappa shape index (κ2) is 2.67. The first-order valence-corrected chi connectivity index (χ1v) is 3.52. The van der Waals surface area contributed by atoms with Crippen LogP contribution in [0.25, 0.3) is 0 Å². The Morgan fingerprint density at radius 1 is 1.22 bits per heavy atom. The highest BCUT2D eigenvalue weighted by Crippen LogP contribution is 2.18. The molecule has 0 aromatic carbocycles. The van der Waals surface area contributed by atoms with Crippen molar-refractivity contribution in [1.82, 2.24) is 0 Å². The Hall–Kier alpha value is -0.0800. The average molecular weight is 130 g/mol. The van der Waals surface area contributed by atoms with Gasteiger partial charge in [0.1, 0.15) is 0 Å². The first-order valence-electron chi connectivity index (χ1n) is 3.52. The minimum Gasteiger partial charge on any atom is -0.393 e. The third-order valence-corrected chi connectivity index (χ3v) is 1.67. The van der Waals surface area contributed by atoms with Crippen molar-refractivity contribution in [2.24, 2.45) is 0 Å². The van der Waals surface area contributed by atoms with Gasteiger partial charge in [-0.15, -0.1) is 0 Å². The molecule has 3 atom stereocenters. The summed E-state index contributed by atoms with van der Waals surface area (Å²) >= 11 is 0. The maximum Gasteiger partial charge on any atom is 0.0589 e. The summed E-state index contributed by atoms with van der Waals surface area (Å²) in [7, 11) is 0. The van der Waals surface area contributed by atoms with Crippen molar-refractivity contribution in [2.75, 3.05) is 0 Å². The highest BCUT2D eigenvalue weighted by Gasteiger charge is 2.21. The van der Waals surface area contributed by atoms with Crippen LogP contribution in [0.3, 0.4) is 0 Å². The molecule has 2 nitrogen and oxygen atoms in total. The Morgan fingerprint density at radius 2 is 1.67 bits per heavy atom. The lowest BCUT2D eigenvalue weighted by molar-refractivity contribution is -0.0791. The molecular formula is C7H14O2. The molecule has 1 rings (SSSR count). The average Bonchev–Trinajstić information content (AvgIpc) is 1.59. The molecule has 1 aliphatic heterocycles. The van der Waals surface area contributed by atoms with Crippen molar-refractivity contribution in [3.05, 3.63) is 0 Å². The highest BCUT2D eigenvalue weighted by atomic mass is 16.5. The Balaban J connectivity index is 2.34. The number of aliphatic hydroxyl groups is 1. The fraction of sp³-hybridized carbons (Fsp3) is 1.00. The molecule has 0 bridgehead atoms. The van der Waals surface area contributed by atoms with Gasteiger partial charge in [-0.2, -0.15) is 0 Å². The second-order valence-corrected chi connectivity index (χ2v) is 2.88. The quantitative estimate of drug-likeness (QED) is 0.528. The molecule has 0 spiro atoms. The lowest BCUT2D eigenvalue weighted by Gasteiger charge is -2.28. The molecule has 1 heterocycles. The van der Waals surface area contributed by atoms with Gasteiger partial charge in [0, 0.05) is 0 Å². The molecule has 2 unspecified atom stereocenters. The zero-order valence-electron chi connectivity index (χ0n) is 6.00. The summed E-state index contributed by atoms with van der Waals surface area (Å²) in [5.74, 6) is 0. The molecule has 0 radical (unpaired) electrons. The number of hydrogen-bond donors (Lipinski definition) is 1. The molecule has 0 aromatic heterocycles. The van der Waals surface area contributed by atoms with Gasteiger partial charge in [-0.05, 0) is 26.7 Å². The van der Waals surface area contributed by atoms with Crippen LogP contribution in [0, 0.1) is 0 Å². The normalized spacial score (nSPS) is 45.0. The van der Waals surface area contributed by atoms with Crippen molar-refractivity contribution < 1.29 is 9.84 Å². The van der Waals surface area contributed by atoms with E-state index in [0.717, 1.165) is 12.8 Å². The fourth-order valence-corrected chi connectivity index (χ4v) is 1.37. The standard InChI is InChI=1S/C7H14O2/c1-5-3-7(8)4-6(2)9-5/h5-8H,3-4H2,1-2H3/t5-,6?,7?/m0/s1. The highest BCUT2D eigenvalue weighted by molar-refractivity contribution is 4.71. The van der Waals surface area contributed by atoms with Gasteiger partial charge >= 0.3 is 0 Å². The predicted octanol–water partition coefficient (Wildman–Crippen LogP) is 0.935. The van der Waals surface area contributed by atoms with Crippen LogP contribution in [0.2, 0.25) is 0 Å². The monoisotopic (exact) mass is 130 g/mol. The van der Waals surface area contributed by atoms with Crippen LogP contribution in [-0.4, -0.2) is 23.4 Å². The van der Waals surface area contributed by atoms with E-state index in [1.165, 1.54) is 0 Å². The van der Waals surface area contributed by atoms with E-state index in [1.54, 1.807) is 0 Å². The Bertz CT molecular complexity index is 67.9. The summed E-state index contributed by atoms with van der Waals surface area (Å²) in [5.41, 5.74) is 0. The zero-order chi connectivity index (χ0) is 6.85. The van der Waals surface area contributed by atoms with Crippen molar-refractivity contribution in [2.45, 2.75) is 45.0 Å². The molecule has 54 valence electrons. The van der Waals surface area contributed by atoms with Crippen LogP contribution in [0.4, 0.5) is 0 Å². The topological polar surface area (TPSA) is 29.5 Å². The summed E-state index contributed by atoms with van der Waals surface area (Å²) in [5, 5.41) is 9.17. The molecule has 0 aliphatic carbocycles. The minimum absolute atomic E-state index is 0.135. The van der Waals surface area contributed by atoms with E-state index in [-0.39, 0.29) is 18.3 Å². The van der Waals surface area contributed by atoms with E-state index >= 15 is 0 Å². The van der Waals surface area contributed by atoms with Crippen molar-refractivity contribution >= 4 is 0 Å². The lowest BCUT2D eigenvalue weighted by atomic mass is 10.0. The number of ether oxygens (including phenoxy) is 1. The van der Waals surface area contributed by atoms with Crippen LogP contribution < -0.4 is 0 Å². The van der Waals surface area contributed by atoms with Gasteiger partial charge in [0.25, 0.3) is 0 Å². The maximum atomic E-state index is 9.17. The summed E-state index contributed by atoms with van der Waals surface area (Å²) in [6, 6.07) is 0. The largest absolute Gasteiger partial charge is 0.393 e. The van der Waals surface area contributed by atoms with E-state index in [2.05, 4.69) is 0 Å². The van der Waals surface area contributed by atoms with Gasteiger partial charge < -0.3 is 9.84 Å². The van der Waals surface area contributed by atoms with E-state index in [1.807, 2.05) is 13.8 Å². The lowest BCUT2D eigenvalue weighted by Crippen LogP contribution is -2.32. The van der Waals surface area contributed by atoms with Crippen molar-refractivity contribution in [3.63, 3.8) is 0 Å². The first-order chi connectivity index (χ1) is 4.18. The summed E-state index contributed by atoms with van der Waals surface area (Å²) in [4.78, 5) is 0. The zero-order valence-corrected chi connectivity index (χ0v) is 6.00. The predicted molar refractivity (Wildman–Crippen MR) is 35.2 cm³/mol. The van der Waals surface area contributed by atoms with Crippen LogP contribution in [0.1, 0.15) is 26.7 Å². The molecule has 9 heavy (non-hydrogen) atoms. The van der Waals surface area contributed by atoms with Crippen molar-refractivity contribution in [1.29, 1.82) is 0 Å². The van der Waals surface area contributed by atoms with Gasteiger partial charge in [-0.25, -0.2) is 0 Å². The summed E-state index contributed by atoms with van der Waals surface area (Å²) in [6.07, 6.45) is 1.94. The number of aliphatic hydroxyl groups excluding tert-OH is 1. The van der Waals surface area contributed by atoms with Crippen LogP contribution in [-0.2, 0) is 4.74 Å². The van der Waals surface area contributed by atoms with Crippen LogP contribution >= 0.6 is 0 Å². The number of hydrogen-bond acceptors (Lipinski definition) is 2. The maximum absolute atomic E-state index is 9.17. The molecule has 1 saturated heterocycles.